The van der Waals surface area contributed by atoms with E-state index in [-0.39, 0.29) is 31.1 Å². The van der Waals surface area contributed by atoms with Gasteiger partial charge >= 0.3 is 17.9 Å². The summed E-state index contributed by atoms with van der Waals surface area (Å²) in [6.45, 7) is 11.4. The molecule has 0 saturated heterocycles. The van der Waals surface area contributed by atoms with Crippen LogP contribution >= 0.6 is 0 Å². The second kappa shape index (κ2) is 52.8. The van der Waals surface area contributed by atoms with Gasteiger partial charge < -0.3 is 14.2 Å². The van der Waals surface area contributed by atoms with Crippen LogP contribution in [0.1, 0.15) is 336 Å². The van der Waals surface area contributed by atoms with Crippen molar-refractivity contribution >= 4 is 17.9 Å². The van der Waals surface area contributed by atoms with Crippen LogP contribution in [0, 0.1) is 11.8 Å². The molecular weight excluding hydrogens is 817 g/mol. The molecule has 0 aromatic rings. The zero-order chi connectivity index (χ0) is 48.2. The van der Waals surface area contributed by atoms with Gasteiger partial charge in [-0.15, -0.1) is 0 Å². The Morgan fingerprint density at radius 1 is 0.318 bits per heavy atom. The van der Waals surface area contributed by atoms with E-state index in [0.29, 0.717) is 19.3 Å². The molecular formula is C60H116O6. The Kier molecular flexibility index (Phi) is 51.5. The molecule has 2 atom stereocenters. The summed E-state index contributed by atoms with van der Waals surface area (Å²) in [5.74, 6) is 0.879. The van der Waals surface area contributed by atoms with E-state index in [2.05, 4.69) is 34.6 Å². The average Bonchev–Trinajstić information content (AvgIpc) is 3.30. The molecule has 6 nitrogen and oxygen atoms in total. The molecule has 6 heteroatoms. The zero-order valence-corrected chi connectivity index (χ0v) is 45.3. The summed E-state index contributed by atoms with van der Waals surface area (Å²) in [5.41, 5.74) is 0. The molecule has 0 aromatic heterocycles. The summed E-state index contributed by atoms with van der Waals surface area (Å²) in [6.07, 6.45) is 56.6. The highest BCUT2D eigenvalue weighted by molar-refractivity contribution is 5.71. The molecule has 0 aliphatic carbocycles. The second-order valence-electron chi connectivity index (χ2n) is 21.4. The molecule has 0 rings (SSSR count). The molecule has 0 radical (unpaired) electrons. The van der Waals surface area contributed by atoms with Gasteiger partial charge in [0.15, 0.2) is 6.10 Å². The van der Waals surface area contributed by atoms with Crippen molar-refractivity contribution < 1.29 is 28.6 Å². The Morgan fingerprint density at radius 3 is 0.864 bits per heavy atom. The largest absolute Gasteiger partial charge is 0.462 e. The molecule has 1 unspecified atom stereocenters. The normalized spacial score (nSPS) is 12.5. The number of rotatable bonds is 54. The molecule has 0 N–H and O–H groups in total. The predicted molar refractivity (Wildman–Crippen MR) is 284 cm³/mol. The molecule has 0 aliphatic heterocycles. The van der Waals surface area contributed by atoms with Gasteiger partial charge in [-0.3, -0.25) is 14.4 Å². The van der Waals surface area contributed by atoms with Crippen molar-refractivity contribution in [1.82, 2.24) is 0 Å². The van der Waals surface area contributed by atoms with E-state index in [1.54, 1.807) is 0 Å². The maximum Gasteiger partial charge on any atom is 0.306 e. The molecule has 0 amide bonds. The van der Waals surface area contributed by atoms with E-state index in [0.717, 1.165) is 69.6 Å². The van der Waals surface area contributed by atoms with Crippen LogP contribution in [0.15, 0.2) is 0 Å². The van der Waals surface area contributed by atoms with E-state index < -0.39 is 6.10 Å². The predicted octanol–water partition coefficient (Wildman–Crippen LogP) is 19.7. The highest BCUT2D eigenvalue weighted by atomic mass is 16.6. The number of carbonyl (C=O) groups is 3. The number of esters is 3. The number of unbranched alkanes of at least 4 members (excludes halogenated alkanes) is 38. The Morgan fingerprint density at radius 2 is 0.576 bits per heavy atom. The van der Waals surface area contributed by atoms with Gasteiger partial charge in [-0.25, -0.2) is 0 Å². The third kappa shape index (κ3) is 51.8. The minimum atomic E-state index is -0.763. The van der Waals surface area contributed by atoms with Crippen molar-refractivity contribution in [2.75, 3.05) is 13.2 Å². The Bertz CT molecular complexity index is 1010. The number of hydrogen-bond acceptors (Lipinski definition) is 6. The van der Waals surface area contributed by atoms with E-state index in [1.165, 1.54) is 225 Å². The van der Waals surface area contributed by atoms with Crippen molar-refractivity contribution in [3.63, 3.8) is 0 Å². The van der Waals surface area contributed by atoms with E-state index in [1.807, 2.05) is 0 Å². The van der Waals surface area contributed by atoms with Crippen LogP contribution in [0.5, 0.6) is 0 Å². The summed E-state index contributed by atoms with van der Waals surface area (Å²) >= 11 is 0. The first-order valence-electron chi connectivity index (χ1n) is 29.8. The topological polar surface area (TPSA) is 78.9 Å². The standard InChI is InChI=1S/C60H116O6/c1-6-8-9-10-11-12-13-14-15-18-21-24-30-35-40-45-50-58(61)64-53-57(66-60(63)52-47-42-37-32-27-26-29-34-39-44-49-56(5)7-2)54-65-59(62)51-46-41-36-31-25-22-19-16-17-20-23-28-33-38-43-48-55(3)4/h55-57H,6-54H2,1-5H3/t56?,57-/m1/s1. The molecule has 0 spiro atoms. The molecule has 0 heterocycles. The summed E-state index contributed by atoms with van der Waals surface area (Å²) in [7, 11) is 0. The fraction of sp³-hybridized carbons (Fsp3) is 0.950. The van der Waals surface area contributed by atoms with E-state index in [4.69, 9.17) is 14.2 Å². The maximum atomic E-state index is 12.9. The van der Waals surface area contributed by atoms with E-state index >= 15 is 0 Å². The smallest absolute Gasteiger partial charge is 0.306 e. The Balaban J connectivity index is 4.29. The quantitative estimate of drug-likeness (QED) is 0.0343. The van der Waals surface area contributed by atoms with Crippen molar-refractivity contribution in [3.05, 3.63) is 0 Å². The second-order valence-corrected chi connectivity index (χ2v) is 21.4. The zero-order valence-electron chi connectivity index (χ0n) is 45.3. The van der Waals surface area contributed by atoms with Gasteiger partial charge in [0, 0.05) is 19.3 Å². The van der Waals surface area contributed by atoms with Crippen LogP contribution in [0.3, 0.4) is 0 Å². The van der Waals surface area contributed by atoms with Crippen LogP contribution in [-0.4, -0.2) is 37.2 Å². The lowest BCUT2D eigenvalue weighted by Gasteiger charge is -2.18. The van der Waals surface area contributed by atoms with Gasteiger partial charge in [-0.1, -0.05) is 298 Å². The number of hydrogen-bond donors (Lipinski definition) is 0. The minimum absolute atomic E-state index is 0.0626. The summed E-state index contributed by atoms with van der Waals surface area (Å²) in [5, 5.41) is 0. The molecule has 0 fully saturated rings. The van der Waals surface area contributed by atoms with E-state index in [9.17, 15) is 14.4 Å². The third-order valence-corrected chi connectivity index (χ3v) is 14.1. The van der Waals surface area contributed by atoms with Crippen LogP contribution in [0.4, 0.5) is 0 Å². The molecule has 0 saturated carbocycles. The van der Waals surface area contributed by atoms with Crippen LogP contribution in [-0.2, 0) is 28.6 Å². The highest BCUT2D eigenvalue weighted by Crippen LogP contribution is 2.19. The number of carbonyl (C=O) groups excluding carboxylic acids is 3. The van der Waals surface area contributed by atoms with Crippen LogP contribution < -0.4 is 0 Å². The lowest BCUT2D eigenvalue weighted by Crippen LogP contribution is -2.30. The number of ether oxygens (including phenoxy) is 3. The van der Waals surface area contributed by atoms with Crippen molar-refractivity contribution in [1.29, 1.82) is 0 Å². The first kappa shape index (κ1) is 64.4. The SMILES string of the molecule is CCCCCCCCCCCCCCCCCCC(=O)OC[C@H](COC(=O)CCCCCCCCCCCCCCCCCC(C)C)OC(=O)CCCCCCCCCCCCC(C)CC. The van der Waals surface area contributed by atoms with Crippen molar-refractivity contribution in [2.24, 2.45) is 11.8 Å². The third-order valence-electron chi connectivity index (χ3n) is 14.1. The van der Waals surface area contributed by atoms with Crippen LogP contribution in [0.2, 0.25) is 0 Å². The van der Waals surface area contributed by atoms with Crippen LogP contribution in [0.25, 0.3) is 0 Å². The average molecular weight is 934 g/mol. The molecule has 392 valence electrons. The van der Waals surface area contributed by atoms with Gasteiger partial charge in [0.25, 0.3) is 0 Å². The summed E-state index contributed by atoms with van der Waals surface area (Å²) < 4.78 is 16.9. The minimum Gasteiger partial charge on any atom is -0.462 e. The van der Waals surface area contributed by atoms with Crippen molar-refractivity contribution in [2.45, 2.75) is 343 Å². The molecule has 66 heavy (non-hydrogen) atoms. The van der Waals surface area contributed by atoms with Gasteiger partial charge in [0.1, 0.15) is 13.2 Å². The molecule has 0 aromatic carbocycles. The maximum absolute atomic E-state index is 12.9. The summed E-state index contributed by atoms with van der Waals surface area (Å²) in [6, 6.07) is 0. The molecule has 0 aliphatic rings. The Hall–Kier alpha value is -1.59. The van der Waals surface area contributed by atoms with Crippen molar-refractivity contribution in [3.8, 4) is 0 Å². The lowest BCUT2D eigenvalue weighted by molar-refractivity contribution is -0.167. The summed E-state index contributed by atoms with van der Waals surface area (Å²) in [4.78, 5) is 38.2. The first-order chi connectivity index (χ1) is 32.3. The van der Waals surface area contributed by atoms with Gasteiger partial charge in [-0.2, -0.15) is 0 Å². The van der Waals surface area contributed by atoms with Gasteiger partial charge in [0.05, 0.1) is 0 Å². The molecule has 0 bridgehead atoms. The fourth-order valence-corrected chi connectivity index (χ4v) is 9.20. The highest BCUT2D eigenvalue weighted by Gasteiger charge is 2.19. The fourth-order valence-electron chi connectivity index (χ4n) is 9.20. The Labute approximate surface area is 412 Å². The first-order valence-corrected chi connectivity index (χ1v) is 29.8. The van der Waals surface area contributed by atoms with Gasteiger partial charge in [0.2, 0.25) is 0 Å². The lowest BCUT2D eigenvalue weighted by atomic mass is 9.99. The monoisotopic (exact) mass is 933 g/mol. The van der Waals surface area contributed by atoms with Gasteiger partial charge in [-0.05, 0) is 31.1 Å².